The Labute approximate surface area is 185 Å². The second kappa shape index (κ2) is 7.45. The maximum Gasteiger partial charge on any atom is 0.335 e. The highest BCUT2D eigenvalue weighted by atomic mass is 19.1. The number of benzene rings is 3. The highest BCUT2D eigenvalue weighted by molar-refractivity contribution is 6.03. The van der Waals surface area contributed by atoms with Gasteiger partial charge in [0.2, 0.25) is 0 Å². The second-order valence-corrected chi connectivity index (χ2v) is 8.60. The van der Waals surface area contributed by atoms with Crippen LogP contribution in [0.1, 0.15) is 52.5 Å². The quantitative estimate of drug-likeness (QED) is 0.405. The highest BCUT2D eigenvalue weighted by Gasteiger charge is 2.24. The van der Waals surface area contributed by atoms with Crippen LogP contribution in [-0.2, 0) is 6.54 Å². The van der Waals surface area contributed by atoms with Crippen molar-refractivity contribution in [1.82, 2.24) is 4.57 Å². The fourth-order valence-electron chi connectivity index (χ4n) is 4.69. The summed E-state index contributed by atoms with van der Waals surface area (Å²) in [6.45, 7) is 6.77. The van der Waals surface area contributed by atoms with Crippen LogP contribution in [0.25, 0.3) is 27.7 Å². The van der Waals surface area contributed by atoms with E-state index in [2.05, 4.69) is 35.5 Å². The Morgan fingerprint density at radius 3 is 2.50 bits per heavy atom. The van der Waals surface area contributed by atoms with Crippen LogP contribution in [0, 0.1) is 12.7 Å². The smallest absolute Gasteiger partial charge is 0.335 e. The van der Waals surface area contributed by atoms with Gasteiger partial charge in [-0.1, -0.05) is 26.0 Å². The van der Waals surface area contributed by atoms with Crippen molar-refractivity contribution in [3.63, 3.8) is 0 Å². The first-order valence-electron chi connectivity index (χ1n) is 10.7. The van der Waals surface area contributed by atoms with Crippen molar-refractivity contribution in [2.75, 3.05) is 0 Å². The fourth-order valence-corrected chi connectivity index (χ4v) is 4.69. The van der Waals surface area contributed by atoms with Gasteiger partial charge in [0.25, 0.3) is 0 Å². The number of hydrogen-bond donors (Lipinski definition) is 1. The molecule has 0 fully saturated rings. The third kappa shape index (κ3) is 3.12. The second-order valence-electron chi connectivity index (χ2n) is 8.60. The van der Waals surface area contributed by atoms with Gasteiger partial charge in [0.15, 0.2) is 0 Å². The fraction of sp³-hybridized carbons (Fsp3) is 0.185. The molecule has 4 nitrogen and oxygen atoms in total. The Bertz CT molecular complexity index is 1410. The first-order chi connectivity index (χ1) is 15.3. The topological polar surface area (TPSA) is 54.6 Å². The minimum atomic E-state index is -0.929. The van der Waals surface area contributed by atoms with Gasteiger partial charge in [0.05, 0.1) is 17.6 Å². The van der Waals surface area contributed by atoms with E-state index in [9.17, 15) is 14.3 Å². The van der Waals surface area contributed by atoms with Crippen molar-refractivity contribution < 1.29 is 14.3 Å². The van der Waals surface area contributed by atoms with Crippen molar-refractivity contribution in [2.24, 2.45) is 4.99 Å². The Balaban J connectivity index is 1.89. The SMILES string of the molecule is Cc1cc(-c2c(C(C)C)n(-c3ccc(F)cc3)c3cc4c(cc23)CN=C4)ccc1C(=O)O. The zero-order valence-electron chi connectivity index (χ0n) is 18.2. The lowest BCUT2D eigenvalue weighted by molar-refractivity contribution is 0.0696. The molecule has 3 aromatic carbocycles. The highest BCUT2D eigenvalue weighted by Crippen LogP contribution is 2.42. The summed E-state index contributed by atoms with van der Waals surface area (Å²) in [5.41, 5.74) is 8.36. The summed E-state index contributed by atoms with van der Waals surface area (Å²) in [5.74, 6) is -1.03. The number of aromatic carboxylic acids is 1. The van der Waals surface area contributed by atoms with Crippen LogP contribution in [0.3, 0.4) is 0 Å². The van der Waals surface area contributed by atoms with E-state index >= 15 is 0 Å². The van der Waals surface area contributed by atoms with Crippen LogP contribution in [0.2, 0.25) is 0 Å². The van der Waals surface area contributed by atoms with Gasteiger partial charge in [0.1, 0.15) is 5.82 Å². The lowest BCUT2D eigenvalue weighted by Crippen LogP contribution is -2.04. The molecule has 4 aromatic rings. The molecule has 0 amide bonds. The summed E-state index contributed by atoms with van der Waals surface area (Å²) in [6.07, 6.45) is 1.90. The van der Waals surface area contributed by atoms with Gasteiger partial charge < -0.3 is 9.67 Å². The molecule has 32 heavy (non-hydrogen) atoms. The molecule has 0 radical (unpaired) electrons. The minimum Gasteiger partial charge on any atom is -0.478 e. The van der Waals surface area contributed by atoms with Gasteiger partial charge in [-0.25, -0.2) is 9.18 Å². The summed E-state index contributed by atoms with van der Waals surface area (Å²) in [5, 5.41) is 10.6. The molecule has 0 unspecified atom stereocenters. The summed E-state index contributed by atoms with van der Waals surface area (Å²) in [7, 11) is 0. The van der Waals surface area contributed by atoms with Crippen molar-refractivity contribution in [1.29, 1.82) is 0 Å². The number of halogens is 1. The molecule has 0 saturated heterocycles. The van der Waals surface area contributed by atoms with Crippen LogP contribution < -0.4 is 0 Å². The van der Waals surface area contributed by atoms with E-state index in [0.29, 0.717) is 12.1 Å². The molecule has 1 N–H and O–H groups in total. The summed E-state index contributed by atoms with van der Waals surface area (Å²) >= 11 is 0. The monoisotopic (exact) mass is 426 g/mol. The predicted octanol–water partition coefficient (Wildman–Crippen LogP) is 6.50. The Morgan fingerprint density at radius 1 is 1.09 bits per heavy atom. The van der Waals surface area contributed by atoms with Gasteiger partial charge >= 0.3 is 5.97 Å². The Hall–Kier alpha value is -3.73. The van der Waals surface area contributed by atoms with Crippen LogP contribution in [-0.4, -0.2) is 21.9 Å². The van der Waals surface area contributed by atoms with Crippen LogP contribution in [0.15, 0.2) is 59.6 Å². The molecular formula is C27H23FN2O2. The first kappa shape index (κ1) is 20.2. The normalized spacial score (nSPS) is 12.7. The lowest BCUT2D eigenvalue weighted by Gasteiger charge is -2.16. The van der Waals surface area contributed by atoms with Gasteiger partial charge in [-0.15, -0.1) is 0 Å². The average molecular weight is 426 g/mol. The van der Waals surface area contributed by atoms with E-state index in [-0.39, 0.29) is 11.7 Å². The van der Waals surface area contributed by atoms with Crippen LogP contribution >= 0.6 is 0 Å². The number of carbonyl (C=O) groups is 1. The summed E-state index contributed by atoms with van der Waals surface area (Å²) in [6, 6.07) is 16.4. The van der Waals surface area contributed by atoms with Crippen LogP contribution in [0.5, 0.6) is 0 Å². The van der Waals surface area contributed by atoms with Crippen molar-refractivity contribution in [3.8, 4) is 16.8 Å². The van der Waals surface area contributed by atoms with E-state index in [4.69, 9.17) is 0 Å². The molecular weight excluding hydrogens is 403 g/mol. The van der Waals surface area contributed by atoms with E-state index in [0.717, 1.165) is 44.5 Å². The molecule has 1 aliphatic heterocycles. The molecule has 5 heteroatoms. The molecule has 2 heterocycles. The molecule has 0 spiro atoms. The Kier molecular flexibility index (Phi) is 4.70. The Morgan fingerprint density at radius 2 is 1.84 bits per heavy atom. The lowest BCUT2D eigenvalue weighted by atomic mass is 9.93. The summed E-state index contributed by atoms with van der Waals surface area (Å²) in [4.78, 5) is 16.0. The number of aromatic nitrogens is 1. The number of fused-ring (bicyclic) bond motifs is 2. The van der Waals surface area contributed by atoms with Gasteiger partial charge in [-0.3, -0.25) is 4.99 Å². The number of aryl methyl sites for hydroxylation is 1. The molecule has 0 saturated carbocycles. The number of rotatable bonds is 4. The molecule has 0 atom stereocenters. The number of carboxylic acids is 1. The van der Waals surface area contributed by atoms with E-state index in [1.807, 2.05) is 25.3 Å². The zero-order valence-corrected chi connectivity index (χ0v) is 18.2. The van der Waals surface area contributed by atoms with Gasteiger partial charge in [-0.2, -0.15) is 0 Å². The molecule has 5 rings (SSSR count). The van der Waals surface area contributed by atoms with E-state index < -0.39 is 5.97 Å². The third-order valence-corrected chi connectivity index (χ3v) is 6.13. The summed E-state index contributed by atoms with van der Waals surface area (Å²) < 4.78 is 15.9. The predicted molar refractivity (Wildman–Crippen MR) is 126 cm³/mol. The standard InChI is InChI=1S/C27H23FN2O2/c1-15(2)26-25(17-4-9-22(27(31)32)16(3)10-17)23-11-18-13-29-14-19(18)12-24(23)30(26)21-7-5-20(28)6-8-21/h4-12,14-15H,13H2,1-3H3,(H,31,32). The first-order valence-corrected chi connectivity index (χ1v) is 10.7. The van der Waals surface area contributed by atoms with E-state index in [1.54, 1.807) is 18.2 Å². The largest absolute Gasteiger partial charge is 0.478 e. The molecule has 1 aliphatic rings. The van der Waals surface area contributed by atoms with Crippen molar-refractivity contribution >= 4 is 23.1 Å². The molecule has 0 bridgehead atoms. The number of nitrogens with zero attached hydrogens (tertiary/aromatic N) is 2. The maximum atomic E-state index is 13.7. The van der Waals surface area contributed by atoms with Gasteiger partial charge in [-0.05, 0) is 77.6 Å². The van der Waals surface area contributed by atoms with Crippen molar-refractivity contribution in [2.45, 2.75) is 33.2 Å². The number of hydrogen-bond acceptors (Lipinski definition) is 2. The van der Waals surface area contributed by atoms with Crippen LogP contribution in [0.4, 0.5) is 4.39 Å². The minimum absolute atomic E-state index is 0.172. The molecule has 160 valence electrons. The van der Waals surface area contributed by atoms with E-state index in [1.165, 1.54) is 17.7 Å². The third-order valence-electron chi connectivity index (χ3n) is 6.13. The zero-order chi connectivity index (χ0) is 22.6. The van der Waals surface area contributed by atoms with Crippen molar-refractivity contribution in [3.05, 3.63) is 88.4 Å². The molecule has 0 aliphatic carbocycles. The maximum absolute atomic E-state index is 13.7. The number of aliphatic imine (C=N–C) groups is 1. The molecule has 1 aromatic heterocycles. The number of carboxylic acid groups (broad SMARTS) is 1. The van der Waals surface area contributed by atoms with Gasteiger partial charge in [0, 0.05) is 28.5 Å². The average Bonchev–Trinajstić information content (AvgIpc) is 3.34.